The average Bonchev–Trinajstić information content (AvgIpc) is 2.37. The Labute approximate surface area is 94.9 Å². The molecule has 0 saturated heterocycles. The largest absolute Gasteiger partial charge is 0.384 e. The Bertz CT molecular complexity index is 492. The van der Waals surface area contributed by atoms with E-state index >= 15 is 0 Å². The van der Waals surface area contributed by atoms with Gasteiger partial charge in [-0.15, -0.1) is 0 Å². The monoisotopic (exact) mass is 216 g/mol. The van der Waals surface area contributed by atoms with E-state index < -0.39 is 5.60 Å². The molecule has 84 valence electrons. The van der Waals surface area contributed by atoms with Crippen molar-refractivity contribution in [1.29, 1.82) is 0 Å². The zero-order valence-corrected chi connectivity index (χ0v) is 9.35. The standard InChI is InChI=1S/C13H16N2O/c1-2-13(16,9-14)11-6-5-10-4-3-7-15-12(10)8-11/h3-8,16H,2,9,14H2,1H3. The van der Waals surface area contributed by atoms with Crippen molar-refractivity contribution in [3.63, 3.8) is 0 Å². The molecule has 1 heterocycles. The molecule has 0 aliphatic carbocycles. The van der Waals surface area contributed by atoms with Crippen LogP contribution in [0.15, 0.2) is 36.5 Å². The highest BCUT2D eigenvalue weighted by atomic mass is 16.3. The highest BCUT2D eigenvalue weighted by Crippen LogP contribution is 2.26. The molecule has 0 radical (unpaired) electrons. The van der Waals surface area contributed by atoms with Crippen LogP contribution in [0.5, 0.6) is 0 Å². The van der Waals surface area contributed by atoms with Crippen LogP contribution in [0, 0.1) is 0 Å². The van der Waals surface area contributed by atoms with Crippen LogP contribution < -0.4 is 5.73 Å². The molecule has 0 aliphatic rings. The highest BCUT2D eigenvalue weighted by molar-refractivity contribution is 5.79. The van der Waals surface area contributed by atoms with Crippen molar-refractivity contribution in [1.82, 2.24) is 4.98 Å². The summed E-state index contributed by atoms with van der Waals surface area (Å²) < 4.78 is 0. The molecular formula is C13H16N2O. The summed E-state index contributed by atoms with van der Waals surface area (Å²) in [6.07, 6.45) is 2.35. The van der Waals surface area contributed by atoms with Gasteiger partial charge in [0.1, 0.15) is 5.60 Å². The first-order valence-electron chi connectivity index (χ1n) is 5.47. The molecule has 3 N–H and O–H groups in total. The maximum atomic E-state index is 10.3. The summed E-state index contributed by atoms with van der Waals surface area (Å²) in [6.45, 7) is 2.15. The van der Waals surface area contributed by atoms with Gasteiger partial charge in [0, 0.05) is 18.1 Å². The minimum atomic E-state index is -0.939. The number of hydrogen-bond acceptors (Lipinski definition) is 3. The van der Waals surface area contributed by atoms with Crippen molar-refractivity contribution in [3.05, 3.63) is 42.1 Å². The maximum absolute atomic E-state index is 10.3. The van der Waals surface area contributed by atoms with Gasteiger partial charge in [0.05, 0.1) is 5.52 Å². The molecule has 2 aromatic rings. The van der Waals surface area contributed by atoms with Gasteiger partial charge in [-0.3, -0.25) is 4.98 Å². The van der Waals surface area contributed by atoms with E-state index in [1.807, 2.05) is 37.3 Å². The topological polar surface area (TPSA) is 59.1 Å². The summed E-state index contributed by atoms with van der Waals surface area (Å²) in [7, 11) is 0. The van der Waals surface area contributed by atoms with E-state index in [9.17, 15) is 5.11 Å². The van der Waals surface area contributed by atoms with Gasteiger partial charge in [-0.05, 0) is 24.1 Å². The van der Waals surface area contributed by atoms with E-state index in [1.54, 1.807) is 6.20 Å². The summed E-state index contributed by atoms with van der Waals surface area (Å²) >= 11 is 0. The third-order valence-electron chi connectivity index (χ3n) is 3.07. The first-order chi connectivity index (χ1) is 7.69. The molecule has 16 heavy (non-hydrogen) atoms. The second-order valence-electron chi connectivity index (χ2n) is 4.00. The van der Waals surface area contributed by atoms with E-state index in [1.165, 1.54) is 0 Å². The predicted molar refractivity (Wildman–Crippen MR) is 65.0 cm³/mol. The lowest BCUT2D eigenvalue weighted by molar-refractivity contribution is 0.0420. The number of nitrogens with zero attached hydrogens (tertiary/aromatic N) is 1. The third kappa shape index (κ3) is 1.79. The predicted octanol–water partition coefficient (Wildman–Crippen LogP) is 1.79. The molecule has 3 nitrogen and oxygen atoms in total. The van der Waals surface area contributed by atoms with Gasteiger partial charge in [-0.25, -0.2) is 0 Å². The Morgan fingerprint density at radius 1 is 1.38 bits per heavy atom. The van der Waals surface area contributed by atoms with Crippen molar-refractivity contribution in [2.24, 2.45) is 5.73 Å². The fraction of sp³-hybridized carbons (Fsp3) is 0.308. The number of aliphatic hydroxyl groups is 1. The van der Waals surface area contributed by atoms with Gasteiger partial charge in [0.25, 0.3) is 0 Å². The van der Waals surface area contributed by atoms with Crippen molar-refractivity contribution in [2.45, 2.75) is 18.9 Å². The lowest BCUT2D eigenvalue weighted by atomic mass is 9.90. The number of nitrogens with two attached hydrogens (primary N) is 1. The lowest BCUT2D eigenvalue weighted by Gasteiger charge is -2.25. The van der Waals surface area contributed by atoms with Crippen LogP contribution in [-0.2, 0) is 5.60 Å². The fourth-order valence-corrected chi connectivity index (χ4v) is 1.82. The molecule has 1 unspecified atom stereocenters. The Morgan fingerprint density at radius 3 is 2.88 bits per heavy atom. The highest BCUT2D eigenvalue weighted by Gasteiger charge is 2.25. The maximum Gasteiger partial charge on any atom is 0.102 e. The van der Waals surface area contributed by atoms with Crippen LogP contribution in [-0.4, -0.2) is 16.6 Å². The van der Waals surface area contributed by atoms with Crippen LogP contribution in [0.1, 0.15) is 18.9 Å². The normalized spacial score (nSPS) is 14.9. The van der Waals surface area contributed by atoms with E-state index in [-0.39, 0.29) is 6.54 Å². The van der Waals surface area contributed by atoms with Crippen LogP contribution in [0.4, 0.5) is 0 Å². The minimum Gasteiger partial charge on any atom is -0.384 e. The van der Waals surface area contributed by atoms with Gasteiger partial charge in [-0.2, -0.15) is 0 Å². The summed E-state index contributed by atoms with van der Waals surface area (Å²) in [4.78, 5) is 4.27. The number of pyridine rings is 1. The van der Waals surface area contributed by atoms with Crippen molar-refractivity contribution in [3.8, 4) is 0 Å². The van der Waals surface area contributed by atoms with Crippen LogP contribution in [0.25, 0.3) is 10.9 Å². The van der Waals surface area contributed by atoms with E-state index in [0.717, 1.165) is 16.5 Å². The molecular weight excluding hydrogens is 200 g/mol. The summed E-state index contributed by atoms with van der Waals surface area (Å²) in [5.74, 6) is 0. The smallest absolute Gasteiger partial charge is 0.102 e. The molecule has 0 amide bonds. The molecule has 0 saturated carbocycles. The van der Waals surface area contributed by atoms with Crippen LogP contribution in [0.2, 0.25) is 0 Å². The number of hydrogen-bond donors (Lipinski definition) is 2. The Balaban J connectivity index is 2.54. The van der Waals surface area contributed by atoms with Gasteiger partial charge in [-0.1, -0.05) is 25.1 Å². The molecule has 3 heteroatoms. The van der Waals surface area contributed by atoms with E-state index in [2.05, 4.69) is 4.98 Å². The lowest BCUT2D eigenvalue weighted by Crippen LogP contribution is -2.34. The number of fused-ring (bicyclic) bond motifs is 1. The molecule has 1 atom stereocenters. The Morgan fingerprint density at radius 2 is 2.19 bits per heavy atom. The summed E-state index contributed by atoms with van der Waals surface area (Å²) in [5.41, 5.74) is 6.41. The molecule has 0 fully saturated rings. The van der Waals surface area contributed by atoms with Crippen molar-refractivity contribution < 1.29 is 5.11 Å². The average molecular weight is 216 g/mol. The molecule has 1 aromatic carbocycles. The SMILES string of the molecule is CCC(O)(CN)c1ccc2cccnc2c1. The quantitative estimate of drug-likeness (QED) is 0.822. The zero-order valence-electron chi connectivity index (χ0n) is 9.35. The summed E-state index contributed by atoms with van der Waals surface area (Å²) in [6, 6.07) is 9.69. The van der Waals surface area contributed by atoms with Gasteiger partial charge in [0.2, 0.25) is 0 Å². The molecule has 0 aliphatic heterocycles. The van der Waals surface area contributed by atoms with Crippen LogP contribution >= 0.6 is 0 Å². The second-order valence-corrected chi connectivity index (χ2v) is 4.00. The molecule has 0 spiro atoms. The Kier molecular flexibility index (Phi) is 2.90. The molecule has 1 aromatic heterocycles. The van der Waals surface area contributed by atoms with Gasteiger partial charge < -0.3 is 10.8 Å². The molecule has 0 bridgehead atoms. The first kappa shape index (κ1) is 11.0. The summed E-state index contributed by atoms with van der Waals surface area (Å²) in [5, 5.41) is 11.4. The number of rotatable bonds is 3. The number of benzene rings is 1. The van der Waals surface area contributed by atoms with E-state index in [0.29, 0.717) is 6.42 Å². The Hall–Kier alpha value is -1.45. The fourth-order valence-electron chi connectivity index (χ4n) is 1.82. The molecule has 2 rings (SSSR count). The van der Waals surface area contributed by atoms with Gasteiger partial charge >= 0.3 is 0 Å². The van der Waals surface area contributed by atoms with Crippen molar-refractivity contribution >= 4 is 10.9 Å². The van der Waals surface area contributed by atoms with E-state index in [4.69, 9.17) is 5.73 Å². The second kappa shape index (κ2) is 4.20. The first-order valence-corrected chi connectivity index (χ1v) is 5.47. The number of aromatic nitrogens is 1. The van der Waals surface area contributed by atoms with Crippen molar-refractivity contribution in [2.75, 3.05) is 6.54 Å². The van der Waals surface area contributed by atoms with Crippen LogP contribution in [0.3, 0.4) is 0 Å². The minimum absolute atomic E-state index is 0.224. The zero-order chi connectivity index (χ0) is 11.6. The third-order valence-corrected chi connectivity index (χ3v) is 3.07. The van der Waals surface area contributed by atoms with Gasteiger partial charge in [0.15, 0.2) is 0 Å².